The van der Waals surface area contributed by atoms with Crippen LogP contribution in [0.3, 0.4) is 0 Å². The van der Waals surface area contributed by atoms with Crippen LogP contribution in [-0.2, 0) is 17.0 Å². The molecule has 2 rings (SSSR count). The number of methoxy groups -OCH3 is 4. The van der Waals surface area contributed by atoms with Crippen LogP contribution in [0.25, 0.3) is 0 Å². The van der Waals surface area contributed by atoms with Crippen LogP contribution >= 0.6 is 0 Å². The Labute approximate surface area is 202 Å². The second kappa shape index (κ2) is 12.5. The van der Waals surface area contributed by atoms with Gasteiger partial charge in [-0.15, -0.1) is 0 Å². The van der Waals surface area contributed by atoms with Crippen molar-refractivity contribution in [2.45, 2.75) is 64.0 Å². The maximum absolute atomic E-state index is 6.85. The summed E-state index contributed by atoms with van der Waals surface area (Å²) in [4.78, 5) is 0. The monoisotopic (exact) mass is 490 g/mol. The molecule has 0 atom stereocenters. The van der Waals surface area contributed by atoms with E-state index in [1.807, 2.05) is 12.1 Å². The minimum atomic E-state index is -1.72. The van der Waals surface area contributed by atoms with Crippen molar-refractivity contribution in [2.24, 2.45) is 0 Å². The number of hydrogen-bond donors (Lipinski definition) is 0. The van der Waals surface area contributed by atoms with Crippen molar-refractivity contribution in [1.29, 1.82) is 0 Å². The highest BCUT2D eigenvalue weighted by atomic mass is 28.4. The lowest BCUT2D eigenvalue weighted by atomic mass is 10.1. The molecule has 0 amide bonds. The number of hydrogen-bond acceptors (Lipinski definition) is 5. The van der Waals surface area contributed by atoms with Crippen LogP contribution < -0.4 is 18.9 Å². The molecule has 0 aliphatic rings. The number of ether oxygens (including phenoxy) is 4. The molecule has 0 saturated heterocycles. The molecular weight excluding hydrogens is 448 g/mol. The lowest BCUT2D eigenvalue weighted by Crippen LogP contribution is -2.44. The molecule has 0 heterocycles. The number of rotatable bonds is 14. The zero-order chi connectivity index (χ0) is 24.5. The molecule has 5 nitrogen and oxygen atoms in total. The van der Waals surface area contributed by atoms with Crippen LogP contribution in [0.2, 0.25) is 38.3 Å². The van der Waals surface area contributed by atoms with Crippen molar-refractivity contribution >= 4 is 16.6 Å². The SMILES string of the molecule is COc1ccc(CCC[Si](C)(C)O[Si](C)(C)CCCc2ccc(OC)c(OC)c2)cc1OC. The Morgan fingerprint density at radius 3 is 1.24 bits per heavy atom. The molecule has 0 fully saturated rings. The molecule has 0 spiro atoms. The summed E-state index contributed by atoms with van der Waals surface area (Å²) in [6, 6.07) is 14.7. The van der Waals surface area contributed by atoms with Gasteiger partial charge in [0.15, 0.2) is 39.6 Å². The van der Waals surface area contributed by atoms with Gasteiger partial charge < -0.3 is 23.1 Å². The quantitative estimate of drug-likeness (QED) is 0.275. The highest BCUT2D eigenvalue weighted by Gasteiger charge is 2.32. The maximum atomic E-state index is 6.85. The summed E-state index contributed by atoms with van der Waals surface area (Å²) in [5.74, 6) is 3.15. The lowest BCUT2D eigenvalue weighted by molar-refractivity contribution is 0.354. The van der Waals surface area contributed by atoms with Crippen molar-refractivity contribution in [3.8, 4) is 23.0 Å². The molecule has 0 aliphatic heterocycles. The molecule has 0 aromatic heterocycles. The minimum absolute atomic E-state index is 0.778. The standard InChI is InChI=1S/C26H42O5Si2/c1-27-23-15-13-21(19-25(23)29-3)11-9-17-32(5,6)31-33(7,8)18-10-12-22-14-16-24(28-2)26(20-22)30-4/h13-16,19-20H,9-12,17-18H2,1-8H3. The van der Waals surface area contributed by atoms with Gasteiger partial charge >= 0.3 is 0 Å². The Hall–Kier alpha value is -1.97. The molecule has 0 saturated carbocycles. The molecule has 0 N–H and O–H groups in total. The second-order valence-corrected chi connectivity index (χ2v) is 18.6. The van der Waals surface area contributed by atoms with E-state index >= 15 is 0 Å². The summed E-state index contributed by atoms with van der Waals surface area (Å²) >= 11 is 0. The molecule has 33 heavy (non-hydrogen) atoms. The normalized spacial score (nSPS) is 11.9. The molecule has 0 radical (unpaired) electrons. The molecule has 2 aromatic rings. The molecule has 0 bridgehead atoms. The topological polar surface area (TPSA) is 46.2 Å². The maximum Gasteiger partial charge on any atom is 0.173 e. The van der Waals surface area contributed by atoms with Gasteiger partial charge in [0, 0.05) is 0 Å². The van der Waals surface area contributed by atoms with Crippen molar-refractivity contribution in [3.05, 3.63) is 47.5 Å². The molecule has 0 aliphatic carbocycles. The molecule has 2 aromatic carbocycles. The molecule has 184 valence electrons. The van der Waals surface area contributed by atoms with Gasteiger partial charge in [0.2, 0.25) is 0 Å². The smallest absolute Gasteiger partial charge is 0.173 e. The minimum Gasteiger partial charge on any atom is -0.493 e. The van der Waals surface area contributed by atoms with E-state index in [1.165, 1.54) is 11.1 Å². The first-order valence-corrected chi connectivity index (χ1v) is 18.0. The average Bonchev–Trinajstić information content (AvgIpc) is 2.77. The lowest BCUT2D eigenvalue weighted by Gasteiger charge is -2.34. The highest BCUT2D eigenvalue weighted by molar-refractivity contribution is 6.84. The molecular formula is C26H42O5Si2. The predicted molar refractivity (Wildman–Crippen MR) is 141 cm³/mol. The fourth-order valence-corrected chi connectivity index (χ4v) is 13.2. The summed E-state index contributed by atoms with van der Waals surface area (Å²) in [7, 11) is 3.27. The van der Waals surface area contributed by atoms with Gasteiger partial charge in [-0.3, -0.25) is 0 Å². The van der Waals surface area contributed by atoms with Crippen molar-refractivity contribution in [3.63, 3.8) is 0 Å². The zero-order valence-corrected chi connectivity index (χ0v) is 23.7. The number of benzene rings is 2. The van der Waals surface area contributed by atoms with Gasteiger partial charge in [0.1, 0.15) is 0 Å². The first-order chi connectivity index (χ1) is 15.6. The zero-order valence-electron chi connectivity index (χ0n) is 21.7. The summed E-state index contributed by atoms with van der Waals surface area (Å²) in [6.07, 6.45) is 4.32. The third-order valence-corrected chi connectivity index (χ3v) is 13.5. The first kappa shape index (κ1) is 27.3. The van der Waals surface area contributed by atoms with Crippen molar-refractivity contribution in [2.75, 3.05) is 28.4 Å². The molecule has 7 heteroatoms. The Morgan fingerprint density at radius 2 is 0.909 bits per heavy atom. The van der Waals surface area contributed by atoms with Crippen LogP contribution in [0.15, 0.2) is 36.4 Å². The second-order valence-electron chi connectivity index (χ2n) is 9.71. The largest absolute Gasteiger partial charge is 0.493 e. The van der Waals surface area contributed by atoms with Crippen LogP contribution in [0, 0.1) is 0 Å². The van der Waals surface area contributed by atoms with Crippen LogP contribution in [0.4, 0.5) is 0 Å². The van der Waals surface area contributed by atoms with E-state index in [0.717, 1.165) is 60.8 Å². The van der Waals surface area contributed by atoms with Crippen LogP contribution in [0.1, 0.15) is 24.0 Å². The van der Waals surface area contributed by atoms with Gasteiger partial charge in [0.25, 0.3) is 0 Å². The molecule has 0 unspecified atom stereocenters. The summed E-state index contributed by atoms with van der Waals surface area (Å²) in [5.41, 5.74) is 2.56. The fraction of sp³-hybridized carbons (Fsp3) is 0.538. The third kappa shape index (κ3) is 8.72. The van der Waals surface area contributed by atoms with E-state index in [0.29, 0.717) is 0 Å². The van der Waals surface area contributed by atoms with E-state index in [4.69, 9.17) is 23.1 Å². The van der Waals surface area contributed by atoms with Crippen molar-refractivity contribution in [1.82, 2.24) is 0 Å². The van der Waals surface area contributed by atoms with E-state index in [-0.39, 0.29) is 0 Å². The van der Waals surface area contributed by atoms with Gasteiger partial charge in [0.05, 0.1) is 28.4 Å². The third-order valence-electron chi connectivity index (χ3n) is 5.94. The predicted octanol–water partition coefficient (Wildman–Crippen LogP) is 6.71. The van der Waals surface area contributed by atoms with E-state index in [1.54, 1.807) is 28.4 Å². The summed E-state index contributed by atoms with van der Waals surface area (Å²) in [6.45, 7) is 9.46. The first-order valence-electron chi connectivity index (χ1n) is 11.7. The summed E-state index contributed by atoms with van der Waals surface area (Å²) in [5, 5.41) is 0. The Balaban J connectivity index is 1.82. The summed E-state index contributed by atoms with van der Waals surface area (Å²) < 4.78 is 28.4. The Morgan fingerprint density at radius 1 is 0.545 bits per heavy atom. The van der Waals surface area contributed by atoms with Gasteiger partial charge in [-0.2, -0.15) is 0 Å². The van der Waals surface area contributed by atoms with Crippen molar-refractivity contribution < 1.29 is 23.1 Å². The Kier molecular flexibility index (Phi) is 10.3. The van der Waals surface area contributed by atoms with Crippen LogP contribution in [-0.4, -0.2) is 45.1 Å². The highest BCUT2D eigenvalue weighted by Crippen LogP contribution is 2.31. The van der Waals surface area contributed by atoms with E-state index in [9.17, 15) is 0 Å². The average molecular weight is 491 g/mol. The van der Waals surface area contributed by atoms with E-state index < -0.39 is 16.6 Å². The fourth-order valence-electron chi connectivity index (χ4n) is 4.36. The van der Waals surface area contributed by atoms with Gasteiger partial charge in [-0.1, -0.05) is 12.1 Å². The van der Waals surface area contributed by atoms with Gasteiger partial charge in [-0.05, 0) is 99.4 Å². The van der Waals surface area contributed by atoms with Gasteiger partial charge in [-0.25, -0.2) is 0 Å². The Bertz CT molecular complexity index is 811. The van der Waals surface area contributed by atoms with Crippen LogP contribution in [0.5, 0.6) is 23.0 Å². The number of aryl methyl sites for hydroxylation is 2. The van der Waals surface area contributed by atoms with E-state index in [2.05, 4.69) is 50.5 Å².